The van der Waals surface area contributed by atoms with Gasteiger partial charge in [0.05, 0.1) is 0 Å². The van der Waals surface area contributed by atoms with E-state index in [1.807, 2.05) is 6.92 Å². The van der Waals surface area contributed by atoms with Gasteiger partial charge in [0.2, 0.25) is 0 Å². The maximum Gasteiger partial charge on any atom is 0.330 e. The Morgan fingerprint density at radius 3 is 2.62 bits per heavy atom. The van der Waals surface area contributed by atoms with Crippen molar-refractivity contribution in [2.45, 2.75) is 32.7 Å². The molecular weight excluding hydrogens is 320 g/mol. The number of nitrogens with zero attached hydrogens (tertiary/aromatic N) is 3. The number of rotatable bonds is 4. The van der Waals surface area contributed by atoms with E-state index in [-0.39, 0.29) is 22.7 Å². The molecule has 0 bridgehead atoms. The van der Waals surface area contributed by atoms with Crippen molar-refractivity contribution in [3.05, 3.63) is 44.7 Å². The molecule has 0 spiro atoms. The highest BCUT2D eigenvalue weighted by molar-refractivity contribution is 5.74. The van der Waals surface area contributed by atoms with Crippen LogP contribution < -0.4 is 11.2 Å². The lowest BCUT2D eigenvalue weighted by molar-refractivity contribution is 0.0129. The van der Waals surface area contributed by atoms with E-state index >= 15 is 0 Å². The van der Waals surface area contributed by atoms with Crippen molar-refractivity contribution in [2.75, 3.05) is 0 Å². The lowest BCUT2D eigenvalue weighted by Crippen LogP contribution is -2.30. The molecule has 126 valence electrons. The topological polar surface area (TPSA) is 96.4 Å². The fourth-order valence-corrected chi connectivity index (χ4v) is 2.40. The fraction of sp³-hybridized carbons (Fsp3) is 0.333. The first-order chi connectivity index (χ1) is 11.3. The smallest absolute Gasteiger partial charge is 0.330 e. The zero-order chi connectivity index (χ0) is 17.5. The van der Waals surface area contributed by atoms with Gasteiger partial charge in [0, 0.05) is 13.5 Å². The molecule has 0 amide bonds. The number of imidazole rings is 1. The van der Waals surface area contributed by atoms with E-state index in [1.54, 1.807) is 0 Å². The molecule has 3 rings (SSSR count). The molecule has 0 atom stereocenters. The maximum absolute atomic E-state index is 13.4. The van der Waals surface area contributed by atoms with Crippen LogP contribution in [-0.2, 0) is 12.5 Å². The first-order valence-corrected chi connectivity index (χ1v) is 7.40. The molecular formula is C15H15F2N5O2. The molecule has 0 saturated heterocycles. The summed E-state index contributed by atoms with van der Waals surface area (Å²) in [6.45, 7) is 3.00. The molecule has 9 heteroatoms. The molecule has 3 heterocycles. The van der Waals surface area contributed by atoms with Crippen LogP contribution in [0.3, 0.4) is 0 Å². The Kier molecular flexibility index (Phi) is 3.78. The Morgan fingerprint density at radius 2 is 1.96 bits per heavy atom. The van der Waals surface area contributed by atoms with Crippen LogP contribution in [0.15, 0.2) is 27.8 Å². The van der Waals surface area contributed by atoms with Crippen molar-refractivity contribution >= 4 is 11.2 Å². The minimum absolute atomic E-state index is 0.105. The van der Waals surface area contributed by atoms with Gasteiger partial charge in [-0.15, -0.1) is 0 Å². The SMILES string of the molecule is CCCn1c(=O)[nH]c(=O)c2[nH]c(-c3cccc(C(C)(F)F)n3)nc21. The number of halogens is 2. The highest BCUT2D eigenvalue weighted by atomic mass is 19.3. The highest BCUT2D eigenvalue weighted by Crippen LogP contribution is 2.27. The second kappa shape index (κ2) is 5.66. The summed E-state index contributed by atoms with van der Waals surface area (Å²) in [5.41, 5.74) is -1.13. The van der Waals surface area contributed by atoms with Crippen LogP contribution in [0.4, 0.5) is 8.78 Å². The van der Waals surface area contributed by atoms with Gasteiger partial charge in [-0.2, -0.15) is 8.78 Å². The van der Waals surface area contributed by atoms with Gasteiger partial charge >= 0.3 is 5.69 Å². The Bertz CT molecular complexity index is 1010. The van der Waals surface area contributed by atoms with Gasteiger partial charge in [0.15, 0.2) is 11.5 Å². The lowest BCUT2D eigenvalue weighted by Gasteiger charge is -2.09. The molecule has 3 aromatic heterocycles. The number of aromatic nitrogens is 5. The number of hydrogen-bond acceptors (Lipinski definition) is 4. The number of hydrogen-bond donors (Lipinski definition) is 2. The van der Waals surface area contributed by atoms with E-state index in [0.717, 1.165) is 6.92 Å². The van der Waals surface area contributed by atoms with Crippen molar-refractivity contribution in [1.29, 1.82) is 0 Å². The molecule has 0 aliphatic rings. The summed E-state index contributed by atoms with van der Waals surface area (Å²) in [5.74, 6) is -2.94. The number of H-pyrrole nitrogens is 2. The molecule has 0 saturated carbocycles. The number of nitrogens with one attached hydrogen (secondary N) is 2. The number of alkyl halides is 2. The minimum Gasteiger partial charge on any atom is -0.331 e. The maximum atomic E-state index is 13.4. The zero-order valence-electron chi connectivity index (χ0n) is 13.1. The van der Waals surface area contributed by atoms with Gasteiger partial charge in [-0.05, 0) is 18.6 Å². The number of fused-ring (bicyclic) bond motifs is 1. The normalized spacial score (nSPS) is 12.0. The predicted molar refractivity (Wildman–Crippen MR) is 84.1 cm³/mol. The van der Waals surface area contributed by atoms with Crippen LogP contribution in [0, 0.1) is 0 Å². The molecule has 0 aliphatic carbocycles. The predicted octanol–water partition coefficient (Wildman–Crippen LogP) is 2.00. The van der Waals surface area contributed by atoms with Crippen LogP contribution >= 0.6 is 0 Å². The number of pyridine rings is 1. The molecule has 2 N–H and O–H groups in total. The molecule has 24 heavy (non-hydrogen) atoms. The van der Waals surface area contributed by atoms with Gasteiger partial charge in [0.25, 0.3) is 11.5 Å². The number of aromatic amines is 2. The van der Waals surface area contributed by atoms with Gasteiger partial charge in [0.1, 0.15) is 16.9 Å². The first-order valence-electron chi connectivity index (χ1n) is 7.40. The van der Waals surface area contributed by atoms with Crippen molar-refractivity contribution in [3.8, 4) is 11.5 Å². The van der Waals surface area contributed by atoms with Crippen LogP contribution in [-0.4, -0.2) is 24.5 Å². The van der Waals surface area contributed by atoms with Gasteiger partial charge in [-0.25, -0.2) is 14.8 Å². The van der Waals surface area contributed by atoms with Crippen molar-refractivity contribution in [1.82, 2.24) is 24.5 Å². The molecule has 0 aromatic carbocycles. The third-order valence-electron chi connectivity index (χ3n) is 3.52. The van der Waals surface area contributed by atoms with Gasteiger partial charge < -0.3 is 4.98 Å². The quantitative estimate of drug-likeness (QED) is 0.762. The molecule has 0 fully saturated rings. The average Bonchev–Trinajstić information content (AvgIpc) is 2.96. The Morgan fingerprint density at radius 1 is 1.21 bits per heavy atom. The third kappa shape index (κ3) is 2.72. The molecule has 0 aliphatic heterocycles. The standard InChI is InChI=1S/C15H15F2N5O2/c1-3-7-22-12-10(13(23)21-14(22)24)19-11(20-12)8-5-4-6-9(18-8)15(2,16)17/h4-6H,3,7H2,1-2H3,(H,19,20)(H,21,23,24). The summed E-state index contributed by atoms with van der Waals surface area (Å²) in [6.07, 6.45) is 0.666. The first kappa shape index (κ1) is 16.0. The second-order valence-corrected chi connectivity index (χ2v) is 5.49. The van der Waals surface area contributed by atoms with Crippen molar-refractivity contribution < 1.29 is 8.78 Å². The Hall–Kier alpha value is -2.84. The van der Waals surface area contributed by atoms with E-state index in [4.69, 9.17) is 0 Å². The molecule has 0 radical (unpaired) electrons. The Labute approximate surface area is 134 Å². The minimum atomic E-state index is -3.09. The highest BCUT2D eigenvalue weighted by Gasteiger charge is 2.26. The van der Waals surface area contributed by atoms with E-state index in [9.17, 15) is 18.4 Å². The second-order valence-electron chi connectivity index (χ2n) is 5.49. The fourth-order valence-electron chi connectivity index (χ4n) is 2.40. The van der Waals surface area contributed by atoms with Crippen LogP contribution in [0.2, 0.25) is 0 Å². The monoisotopic (exact) mass is 335 g/mol. The Balaban J connectivity index is 2.22. The molecule has 7 nitrogen and oxygen atoms in total. The molecule has 0 unspecified atom stereocenters. The van der Waals surface area contributed by atoms with E-state index in [1.165, 1.54) is 22.8 Å². The van der Waals surface area contributed by atoms with Crippen LogP contribution in [0.1, 0.15) is 26.0 Å². The number of aryl methyl sites for hydroxylation is 1. The van der Waals surface area contributed by atoms with E-state index in [0.29, 0.717) is 13.0 Å². The average molecular weight is 335 g/mol. The zero-order valence-corrected chi connectivity index (χ0v) is 13.1. The lowest BCUT2D eigenvalue weighted by atomic mass is 10.2. The summed E-state index contributed by atoms with van der Waals surface area (Å²) in [7, 11) is 0. The summed E-state index contributed by atoms with van der Waals surface area (Å²) in [5, 5.41) is 0. The van der Waals surface area contributed by atoms with Crippen LogP contribution in [0.5, 0.6) is 0 Å². The summed E-state index contributed by atoms with van der Waals surface area (Å²) < 4.78 is 28.2. The summed E-state index contributed by atoms with van der Waals surface area (Å²) in [4.78, 5) is 37.0. The van der Waals surface area contributed by atoms with Crippen LogP contribution in [0.25, 0.3) is 22.7 Å². The summed E-state index contributed by atoms with van der Waals surface area (Å²) >= 11 is 0. The van der Waals surface area contributed by atoms with E-state index in [2.05, 4.69) is 19.9 Å². The van der Waals surface area contributed by atoms with Crippen molar-refractivity contribution in [2.24, 2.45) is 0 Å². The van der Waals surface area contributed by atoms with E-state index < -0.39 is 22.9 Å². The largest absolute Gasteiger partial charge is 0.331 e. The molecule has 3 aromatic rings. The van der Waals surface area contributed by atoms with Gasteiger partial charge in [-0.1, -0.05) is 13.0 Å². The van der Waals surface area contributed by atoms with Gasteiger partial charge in [-0.3, -0.25) is 14.3 Å². The van der Waals surface area contributed by atoms with Crippen molar-refractivity contribution in [3.63, 3.8) is 0 Å². The summed E-state index contributed by atoms with van der Waals surface area (Å²) in [6, 6.07) is 4.15. The third-order valence-corrected chi connectivity index (χ3v) is 3.52.